The van der Waals surface area contributed by atoms with Crippen LogP contribution in [0.3, 0.4) is 0 Å². The number of para-hydroxylation sites is 4. The largest absolute Gasteiger partial charge is 0.319 e. The van der Waals surface area contributed by atoms with Crippen molar-refractivity contribution in [3.63, 3.8) is 0 Å². The molecule has 0 fully saturated rings. The summed E-state index contributed by atoms with van der Waals surface area (Å²) >= 11 is 3.57. The molecule has 0 saturated heterocycles. The zero-order chi connectivity index (χ0) is 57.9. The molecule has 0 bridgehead atoms. The number of thiophene rings is 2. The highest BCUT2D eigenvalue weighted by molar-refractivity contribution is 7.26. The number of benzene rings is 13. The highest BCUT2D eigenvalue weighted by Gasteiger charge is 2.25. The lowest BCUT2D eigenvalue weighted by molar-refractivity contribution is 1.14. The quantitative estimate of drug-likeness (QED) is 0.153. The highest BCUT2D eigenvalue weighted by atomic mass is 32.1. The van der Waals surface area contributed by atoms with Crippen LogP contribution in [0, 0.1) is 17.9 Å². The lowest BCUT2D eigenvalue weighted by atomic mass is 10.00. The number of nitriles is 1. The smallest absolute Gasteiger partial charge is 0.212 e. The SMILES string of the molecule is [C-]#[N+]c1cc(-n2c3ccc(-c4ccc5c(c4)c4ccccc4n5-c4ccccc4)cc3c3cc4c(cc32)sc2ccccc24)c(C#N)cc1-n1c2ccc(-c3ccc4c(c3)c3ccccc3n4-c3ccccc3)cc2c2cc3c(cc21)sc1ccccc13. The van der Waals surface area contributed by atoms with Gasteiger partial charge in [0.15, 0.2) is 0 Å². The Kier molecular flexibility index (Phi) is 10.3. The highest BCUT2D eigenvalue weighted by Crippen LogP contribution is 2.48. The number of fused-ring (bicyclic) bond motifs is 18. The van der Waals surface area contributed by atoms with Gasteiger partial charge in [-0.15, -0.1) is 22.7 Å². The molecule has 0 aliphatic rings. The van der Waals surface area contributed by atoms with Crippen LogP contribution in [0.5, 0.6) is 0 Å². The lowest BCUT2D eigenvalue weighted by Crippen LogP contribution is -2.01. The van der Waals surface area contributed by atoms with Gasteiger partial charge in [0.05, 0.1) is 67.6 Å². The van der Waals surface area contributed by atoms with Gasteiger partial charge in [0, 0.05) is 94.8 Å². The molecule has 0 N–H and O–H groups in total. The summed E-state index contributed by atoms with van der Waals surface area (Å²) < 4.78 is 14.0. The van der Waals surface area contributed by atoms with Gasteiger partial charge < -0.3 is 18.3 Å². The van der Waals surface area contributed by atoms with E-state index in [9.17, 15) is 5.26 Å². The Bertz CT molecular complexity index is 5940. The minimum atomic E-state index is 0.450. The molecule has 19 aromatic rings. The first-order valence-electron chi connectivity index (χ1n) is 29.5. The summed E-state index contributed by atoms with van der Waals surface area (Å²) in [6.45, 7) is 9.08. The topological polar surface area (TPSA) is 47.9 Å². The van der Waals surface area contributed by atoms with E-state index in [2.05, 4.69) is 284 Å². The Balaban J connectivity index is 0.817. The fourth-order valence-corrected chi connectivity index (χ4v) is 16.7. The van der Waals surface area contributed by atoms with E-state index in [4.69, 9.17) is 6.57 Å². The first-order chi connectivity index (χ1) is 43.5. The fourth-order valence-electron chi connectivity index (χ4n) is 14.5. The number of hydrogen-bond donors (Lipinski definition) is 0. The molecular formula is C80H44N6S2. The second-order valence-electron chi connectivity index (χ2n) is 23.0. The van der Waals surface area contributed by atoms with E-state index in [1.54, 1.807) is 22.7 Å². The molecule has 0 radical (unpaired) electrons. The summed E-state index contributed by atoms with van der Waals surface area (Å²) in [6.07, 6.45) is 0. The summed E-state index contributed by atoms with van der Waals surface area (Å²) in [5.41, 5.74) is 17.4. The van der Waals surface area contributed by atoms with E-state index in [-0.39, 0.29) is 0 Å². The van der Waals surface area contributed by atoms with Gasteiger partial charge in [-0.3, -0.25) is 0 Å². The van der Waals surface area contributed by atoms with Crippen LogP contribution in [0.4, 0.5) is 5.69 Å². The van der Waals surface area contributed by atoms with Crippen LogP contribution in [0.1, 0.15) is 5.56 Å². The zero-order valence-electron chi connectivity index (χ0n) is 46.9. The zero-order valence-corrected chi connectivity index (χ0v) is 48.5. The lowest BCUT2D eigenvalue weighted by Gasteiger charge is -2.16. The monoisotopic (exact) mass is 1150 g/mol. The van der Waals surface area contributed by atoms with Gasteiger partial charge >= 0.3 is 0 Å². The van der Waals surface area contributed by atoms with Crippen molar-refractivity contribution in [2.45, 2.75) is 0 Å². The number of rotatable bonds is 6. The first-order valence-corrected chi connectivity index (χ1v) is 31.1. The molecule has 6 nitrogen and oxygen atoms in total. The molecule has 0 amide bonds. The number of nitrogens with zero attached hydrogens (tertiary/aromatic N) is 6. The van der Waals surface area contributed by atoms with E-state index >= 15 is 0 Å². The predicted octanol–water partition coefficient (Wildman–Crippen LogP) is 22.6. The molecule has 8 heteroatoms. The molecule has 13 aromatic carbocycles. The van der Waals surface area contributed by atoms with Gasteiger partial charge in [0.1, 0.15) is 6.07 Å². The van der Waals surface area contributed by atoms with E-state index in [1.807, 2.05) is 12.1 Å². The van der Waals surface area contributed by atoms with Crippen LogP contribution in [-0.4, -0.2) is 18.3 Å². The predicted molar refractivity (Wildman–Crippen MR) is 371 cm³/mol. The summed E-state index contributed by atoms with van der Waals surface area (Å²) in [6, 6.07) is 98.9. The van der Waals surface area contributed by atoms with Crippen LogP contribution in [-0.2, 0) is 0 Å². The maximum Gasteiger partial charge on any atom is 0.212 e. The summed E-state index contributed by atoms with van der Waals surface area (Å²) in [5.74, 6) is 0. The van der Waals surface area contributed by atoms with Crippen molar-refractivity contribution in [3.05, 3.63) is 284 Å². The molecule has 0 spiro atoms. The molecule has 0 aliphatic heterocycles. The molecule has 88 heavy (non-hydrogen) atoms. The second-order valence-corrected chi connectivity index (χ2v) is 25.2. The minimum Gasteiger partial charge on any atom is -0.319 e. The van der Waals surface area contributed by atoms with Crippen LogP contribution >= 0.6 is 22.7 Å². The van der Waals surface area contributed by atoms with Gasteiger partial charge in [-0.2, -0.15) is 5.26 Å². The summed E-state index contributed by atoms with van der Waals surface area (Å²) in [5, 5.41) is 25.5. The molecule has 0 saturated carbocycles. The van der Waals surface area contributed by atoms with Crippen molar-refractivity contribution in [1.82, 2.24) is 18.3 Å². The third-order valence-corrected chi connectivity index (χ3v) is 20.7. The third kappa shape index (κ3) is 6.95. The van der Waals surface area contributed by atoms with Gasteiger partial charge in [0.2, 0.25) is 5.69 Å². The van der Waals surface area contributed by atoms with Crippen molar-refractivity contribution < 1.29 is 0 Å². The Morgan fingerprint density at radius 3 is 1.09 bits per heavy atom. The average Bonchev–Trinajstić information content (AvgIpc) is 1.84. The van der Waals surface area contributed by atoms with Crippen LogP contribution < -0.4 is 0 Å². The minimum absolute atomic E-state index is 0.450. The average molecular weight is 1150 g/mol. The van der Waals surface area contributed by atoms with Gasteiger partial charge in [-0.1, -0.05) is 133 Å². The van der Waals surface area contributed by atoms with E-state index < -0.39 is 0 Å². The van der Waals surface area contributed by atoms with Gasteiger partial charge in [-0.25, -0.2) is 4.85 Å². The van der Waals surface area contributed by atoms with Crippen molar-refractivity contribution in [3.8, 4) is 51.1 Å². The van der Waals surface area contributed by atoms with Crippen LogP contribution in [0.15, 0.2) is 267 Å². The van der Waals surface area contributed by atoms with E-state index in [0.29, 0.717) is 22.6 Å². The summed E-state index contributed by atoms with van der Waals surface area (Å²) in [4.78, 5) is 4.39. The molecule has 0 unspecified atom stereocenters. The van der Waals surface area contributed by atoms with Gasteiger partial charge in [0.25, 0.3) is 0 Å². The molecule has 19 rings (SSSR count). The van der Waals surface area contributed by atoms with E-state index in [0.717, 1.165) is 97.7 Å². The molecule has 6 aromatic heterocycles. The van der Waals surface area contributed by atoms with Gasteiger partial charge in [-0.05, 0) is 156 Å². The standard InChI is InChI=1S/C80H44N6S2/c1-82-66-43-73(85-71-34-30-49(38-60(71)62-41-64-56-22-10-14-26-77(56)87-79(64)44-74(62)85)47-28-32-69-58(36-47)54-20-8-12-24-67(54)83(69)52-16-4-2-5-17-52)51(46-81)40-76(66)86-72-35-31-50(39-61(72)63-42-65-57-23-11-15-27-78(57)88-80(65)45-75(63)86)48-29-33-70-59(37-48)55-21-9-13-25-68(55)84(70)53-18-6-3-7-19-53/h2-45H. The van der Waals surface area contributed by atoms with Crippen molar-refractivity contribution >= 4 is 156 Å². The normalized spacial score (nSPS) is 12.1. The Morgan fingerprint density at radius 2 is 0.648 bits per heavy atom. The second kappa shape index (κ2) is 18.5. The molecular weight excluding hydrogens is 1110 g/mol. The molecule has 406 valence electrons. The fraction of sp³-hybridized carbons (Fsp3) is 0. The number of aromatic nitrogens is 4. The van der Waals surface area contributed by atoms with Crippen molar-refractivity contribution in [1.29, 1.82) is 5.26 Å². The Labute approximate surface area is 511 Å². The van der Waals surface area contributed by atoms with Crippen molar-refractivity contribution in [2.24, 2.45) is 0 Å². The maximum absolute atomic E-state index is 11.6. The summed E-state index contributed by atoms with van der Waals surface area (Å²) in [7, 11) is 0. The first kappa shape index (κ1) is 48.8. The molecule has 6 heterocycles. The Hall–Kier alpha value is -11.5. The maximum atomic E-state index is 11.6. The number of hydrogen-bond acceptors (Lipinski definition) is 3. The van der Waals surface area contributed by atoms with Crippen molar-refractivity contribution in [2.75, 3.05) is 0 Å². The third-order valence-electron chi connectivity index (χ3n) is 18.4. The van der Waals surface area contributed by atoms with E-state index in [1.165, 1.54) is 63.5 Å². The molecule has 0 atom stereocenters. The molecule has 0 aliphatic carbocycles. The Morgan fingerprint density at radius 1 is 0.284 bits per heavy atom. The van der Waals surface area contributed by atoms with Crippen LogP contribution in [0.2, 0.25) is 0 Å². The van der Waals surface area contributed by atoms with Crippen LogP contribution in [0.25, 0.3) is 177 Å².